The Kier molecular flexibility index (Phi) is 6.07. The van der Waals surface area contributed by atoms with E-state index in [2.05, 4.69) is 32.8 Å². The van der Waals surface area contributed by atoms with E-state index in [1.807, 2.05) is 55.5 Å². The van der Waals surface area contributed by atoms with Gasteiger partial charge in [-0.1, -0.05) is 48.5 Å². The normalized spacial score (nSPS) is 11.9. The van der Waals surface area contributed by atoms with Crippen LogP contribution in [0.1, 0.15) is 18.9 Å². The number of nitrogens with one attached hydrogen (secondary N) is 2. The summed E-state index contributed by atoms with van der Waals surface area (Å²) in [6.45, 7) is 1.80. The first-order chi connectivity index (χ1) is 15.1. The molecule has 0 radical (unpaired) electrons. The molecule has 0 bridgehead atoms. The van der Waals surface area contributed by atoms with E-state index in [0.29, 0.717) is 5.82 Å². The molecule has 31 heavy (non-hydrogen) atoms. The van der Waals surface area contributed by atoms with Crippen LogP contribution in [0.2, 0.25) is 0 Å². The molecular formula is C23H24N6O2. The van der Waals surface area contributed by atoms with Gasteiger partial charge in [-0.3, -0.25) is 4.79 Å². The van der Waals surface area contributed by atoms with Gasteiger partial charge in [0.05, 0.1) is 0 Å². The number of anilines is 2. The second-order valence-electron chi connectivity index (χ2n) is 7.41. The van der Waals surface area contributed by atoms with Crippen LogP contribution in [0.5, 0.6) is 0 Å². The number of para-hydroxylation sites is 1. The largest absolute Gasteiger partial charge is 0.352 e. The van der Waals surface area contributed by atoms with E-state index >= 15 is 0 Å². The van der Waals surface area contributed by atoms with E-state index in [1.165, 1.54) is 9.96 Å². The van der Waals surface area contributed by atoms with Crippen LogP contribution >= 0.6 is 0 Å². The summed E-state index contributed by atoms with van der Waals surface area (Å²) in [7, 11) is 0. The van der Waals surface area contributed by atoms with Crippen molar-refractivity contribution in [3.05, 3.63) is 89.0 Å². The highest BCUT2D eigenvalue weighted by Crippen LogP contribution is 2.13. The first-order valence-corrected chi connectivity index (χ1v) is 10.2. The number of carbonyl (C=O) groups excluding carboxylic acids is 1. The molecule has 2 aromatic heterocycles. The molecule has 0 spiro atoms. The quantitative estimate of drug-likeness (QED) is 0.461. The van der Waals surface area contributed by atoms with Crippen LogP contribution in [0.4, 0.5) is 11.5 Å². The molecule has 0 unspecified atom stereocenters. The van der Waals surface area contributed by atoms with Gasteiger partial charge in [0.15, 0.2) is 0 Å². The van der Waals surface area contributed by atoms with Gasteiger partial charge in [0.25, 0.3) is 5.78 Å². The summed E-state index contributed by atoms with van der Waals surface area (Å²) in [5.41, 5.74) is 1.71. The predicted molar refractivity (Wildman–Crippen MR) is 119 cm³/mol. The summed E-state index contributed by atoms with van der Waals surface area (Å²) in [4.78, 5) is 29.3. The van der Waals surface area contributed by atoms with E-state index in [4.69, 9.17) is 0 Å². The summed E-state index contributed by atoms with van der Waals surface area (Å²) >= 11 is 0. The van der Waals surface area contributed by atoms with Crippen LogP contribution in [0.25, 0.3) is 5.78 Å². The fraction of sp³-hybridized carbons (Fsp3) is 0.217. The third-order valence-electron chi connectivity index (χ3n) is 4.91. The van der Waals surface area contributed by atoms with Gasteiger partial charge in [0.1, 0.15) is 12.4 Å². The first kappa shape index (κ1) is 20.3. The lowest BCUT2D eigenvalue weighted by atomic mass is 10.1. The van der Waals surface area contributed by atoms with Crippen LogP contribution in [-0.2, 0) is 17.8 Å². The number of carbonyl (C=O) groups is 1. The van der Waals surface area contributed by atoms with Crippen molar-refractivity contribution in [2.45, 2.75) is 32.4 Å². The molecule has 0 saturated carbocycles. The van der Waals surface area contributed by atoms with Gasteiger partial charge in [-0.15, -0.1) is 5.10 Å². The number of rotatable bonds is 8. The molecule has 8 nitrogen and oxygen atoms in total. The minimum atomic E-state index is -0.402. The van der Waals surface area contributed by atoms with E-state index in [-0.39, 0.29) is 24.3 Å². The number of hydrogen-bond donors (Lipinski definition) is 2. The van der Waals surface area contributed by atoms with Crippen molar-refractivity contribution in [2.24, 2.45) is 0 Å². The van der Waals surface area contributed by atoms with E-state index < -0.39 is 5.69 Å². The lowest BCUT2D eigenvalue weighted by Gasteiger charge is -2.13. The van der Waals surface area contributed by atoms with Crippen LogP contribution in [-0.4, -0.2) is 31.1 Å². The van der Waals surface area contributed by atoms with Gasteiger partial charge in [0.2, 0.25) is 5.91 Å². The van der Waals surface area contributed by atoms with E-state index in [9.17, 15) is 9.59 Å². The zero-order valence-electron chi connectivity index (χ0n) is 17.2. The molecule has 2 aromatic carbocycles. The van der Waals surface area contributed by atoms with Crippen LogP contribution < -0.4 is 16.3 Å². The highest BCUT2D eigenvalue weighted by atomic mass is 16.2. The second kappa shape index (κ2) is 9.25. The van der Waals surface area contributed by atoms with E-state index in [0.717, 1.165) is 23.2 Å². The SMILES string of the molecule is C[C@@H](CCc1ccccc1)NC(=O)Cn1nc2nc(Nc3ccccc3)ccn2c1=O. The fourth-order valence-electron chi connectivity index (χ4n) is 3.30. The number of hydrogen-bond acceptors (Lipinski definition) is 5. The third-order valence-corrected chi connectivity index (χ3v) is 4.91. The zero-order chi connectivity index (χ0) is 21.6. The average molecular weight is 416 g/mol. The Morgan fingerprint density at radius 2 is 1.74 bits per heavy atom. The molecule has 0 aliphatic carbocycles. The van der Waals surface area contributed by atoms with Crippen molar-refractivity contribution in [1.29, 1.82) is 0 Å². The molecule has 0 saturated heterocycles. The van der Waals surface area contributed by atoms with Gasteiger partial charge < -0.3 is 10.6 Å². The molecule has 1 atom stereocenters. The molecule has 0 aliphatic heterocycles. The molecule has 0 aliphatic rings. The summed E-state index contributed by atoms with van der Waals surface area (Å²) in [5, 5.41) is 10.3. The molecule has 1 amide bonds. The molecule has 4 rings (SSSR count). The maximum Gasteiger partial charge on any atom is 0.352 e. The van der Waals surface area contributed by atoms with Crippen molar-refractivity contribution in [3.8, 4) is 0 Å². The van der Waals surface area contributed by atoms with Crippen molar-refractivity contribution in [3.63, 3.8) is 0 Å². The van der Waals surface area contributed by atoms with Crippen LogP contribution in [0.15, 0.2) is 77.7 Å². The van der Waals surface area contributed by atoms with Gasteiger partial charge in [-0.05, 0) is 43.5 Å². The number of benzene rings is 2. The highest BCUT2D eigenvalue weighted by molar-refractivity contribution is 5.75. The molecule has 2 heterocycles. The summed E-state index contributed by atoms with van der Waals surface area (Å²) in [6, 6.07) is 21.4. The Labute approximate surface area is 179 Å². The number of aromatic nitrogens is 4. The van der Waals surface area contributed by atoms with Crippen molar-refractivity contribution in [2.75, 3.05) is 5.32 Å². The Balaban J connectivity index is 1.39. The van der Waals surface area contributed by atoms with Crippen molar-refractivity contribution >= 4 is 23.2 Å². The lowest BCUT2D eigenvalue weighted by molar-refractivity contribution is -0.122. The predicted octanol–water partition coefficient (Wildman–Crippen LogP) is 2.77. The molecule has 2 N–H and O–H groups in total. The maximum absolute atomic E-state index is 12.6. The topological polar surface area (TPSA) is 93.3 Å². The first-order valence-electron chi connectivity index (χ1n) is 10.2. The number of amides is 1. The van der Waals surface area contributed by atoms with Crippen molar-refractivity contribution < 1.29 is 4.79 Å². The Morgan fingerprint density at radius 3 is 2.48 bits per heavy atom. The van der Waals surface area contributed by atoms with Gasteiger partial charge in [-0.25, -0.2) is 13.9 Å². The monoisotopic (exact) mass is 416 g/mol. The van der Waals surface area contributed by atoms with Crippen molar-refractivity contribution in [1.82, 2.24) is 24.5 Å². The van der Waals surface area contributed by atoms with Gasteiger partial charge >= 0.3 is 5.69 Å². The average Bonchev–Trinajstić information content (AvgIpc) is 3.08. The minimum Gasteiger partial charge on any atom is -0.352 e. The summed E-state index contributed by atoms with van der Waals surface area (Å²) in [5.74, 6) is 0.541. The van der Waals surface area contributed by atoms with Crippen LogP contribution in [0.3, 0.4) is 0 Å². The number of nitrogens with zero attached hydrogens (tertiary/aromatic N) is 4. The third kappa shape index (κ3) is 5.16. The van der Waals surface area contributed by atoms with E-state index in [1.54, 1.807) is 12.3 Å². The standard InChI is InChI=1S/C23H24N6O2/c1-17(12-13-18-8-4-2-5-9-18)24-21(30)16-29-23(31)28-15-14-20(26-22(28)27-29)25-19-10-6-3-7-11-19/h2-11,14-15,17H,12-13,16H2,1H3,(H,24,30)(H,25,26,27)/t17-/m0/s1. The number of fused-ring (bicyclic) bond motifs is 1. The lowest BCUT2D eigenvalue weighted by Crippen LogP contribution is -2.37. The van der Waals surface area contributed by atoms with Crippen LogP contribution in [0, 0.1) is 0 Å². The molecule has 0 fully saturated rings. The smallest absolute Gasteiger partial charge is 0.352 e. The molecule has 4 aromatic rings. The minimum absolute atomic E-state index is 0.0137. The van der Waals surface area contributed by atoms with Gasteiger partial charge in [-0.2, -0.15) is 4.98 Å². The molecule has 8 heteroatoms. The van der Waals surface area contributed by atoms with Gasteiger partial charge in [0, 0.05) is 17.9 Å². The summed E-state index contributed by atoms with van der Waals surface area (Å²) in [6.07, 6.45) is 3.28. The second-order valence-corrected chi connectivity index (χ2v) is 7.41. The molecule has 158 valence electrons. The Bertz CT molecular complexity index is 1220. The highest BCUT2D eigenvalue weighted by Gasteiger charge is 2.14. The Hall–Kier alpha value is -3.94. The maximum atomic E-state index is 12.6. The fourth-order valence-corrected chi connectivity index (χ4v) is 3.30. The zero-order valence-corrected chi connectivity index (χ0v) is 17.2. The number of aryl methyl sites for hydroxylation is 1. The molecular weight excluding hydrogens is 392 g/mol. The Morgan fingerprint density at radius 1 is 1.03 bits per heavy atom. The summed E-state index contributed by atoms with van der Waals surface area (Å²) < 4.78 is 2.45.